The van der Waals surface area contributed by atoms with Crippen molar-refractivity contribution in [2.45, 2.75) is 38.7 Å². The molecule has 1 aliphatic carbocycles. The second-order valence-electron chi connectivity index (χ2n) is 7.23. The van der Waals surface area contributed by atoms with Crippen molar-refractivity contribution in [1.82, 2.24) is 10.6 Å². The summed E-state index contributed by atoms with van der Waals surface area (Å²) in [5, 5.41) is 13.1. The molecule has 2 aliphatic rings. The molecule has 0 atom stereocenters. The van der Waals surface area contributed by atoms with Gasteiger partial charge in [-0.25, -0.2) is 0 Å². The topological polar surface area (TPSA) is 83.4 Å². The Morgan fingerprint density at radius 1 is 1.44 bits per heavy atom. The van der Waals surface area contributed by atoms with Gasteiger partial charge in [0.25, 0.3) is 5.91 Å². The number of ether oxygens (including phenoxy) is 2. The molecule has 134 valence electrons. The number of fused-ring (bicyclic) bond motifs is 1. The van der Waals surface area contributed by atoms with E-state index < -0.39 is 0 Å². The van der Waals surface area contributed by atoms with Gasteiger partial charge in [-0.05, 0) is 57.0 Å². The van der Waals surface area contributed by atoms with Gasteiger partial charge in [0, 0.05) is 24.6 Å². The number of hydrogen-bond donors (Lipinski definition) is 3. The smallest absolute Gasteiger partial charge is 0.257 e. The molecule has 0 unspecified atom stereocenters. The third-order valence-corrected chi connectivity index (χ3v) is 4.26. The average molecular weight is 343 g/mol. The van der Waals surface area contributed by atoms with E-state index in [9.17, 15) is 4.79 Å². The molecule has 6 nitrogen and oxygen atoms in total. The highest BCUT2D eigenvalue weighted by atomic mass is 16.5. The number of hydrogen-bond acceptors (Lipinski definition) is 5. The van der Waals surface area contributed by atoms with Gasteiger partial charge >= 0.3 is 0 Å². The summed E-state index contributed by atoms with van der Waals surface area (Å²) in [6.45, 7) is 4.73. The molecule has 1 saturated carbocycles. The summed E-state index contributed by atoms with van der Waals surface area (Å²) in [6.07, 6.45) is 6.24. The third kappa shape index (κ3) is 4.32. The standard InChI is InChI=1S/C19H25N3O3/c1-19(2)10-14-15(24-11-12-4-5-12)8-13(9-16(14)25-19)18(23)22-17(20)6-7-21-3/h6-9,12,21H,4-5,10-11H2,1-3H3,(H2,20,22,23)/b7-6-. The molecule has 3 rings (SSSR count). The Kier molecular flexibility index (Phi) is 4.70. The van der Waals surface area contributed by atoms with Crippen molar-refractivity contribution in [3.63, 3.8) is 0 Å². The van der Waals surface area contributed by atoms with Crippen LogP contribution < -0.4 is 20.1 Å². The zero-order valence-electron chi connectivity index (χ0n) is 14.9. The van der Waals surface area contributed by atoms with Crippen LogP contribution in [-0.4, -0.2) is 31.0 Å². The lowest BCUT2D eigenvalue weighted by atomic mass is 9.99. The highest BCUT2D eigenvalue weighted by Crippen LogP contribution is 2.42. The Labute approximate surface area is 148 Å². The number of amides is 1. The van der Waals surface area contributed by atoms with E-state index in [4.69, 9.17) is 14.9 Å². The number of rotatable bonds is 6. The van der Waals surface area contributed by atoms with Crippen LogP contribution in [0.2, 0.25) is 0 Å². The van der Waals surface area contributed by atoms with Gasteiger partial charge in [-0.15, -0.1) is 0 Å². The van der Waals surface area contributed by atoms with Gasteiger partial charge in [0.05, 0.1) is 6.61 Å². The van der Waals surface area contributed by atoms with Crippen LogP contribution in [-0.2, 0) is 6.42 Å². The minimum absolute atomic E-state index is 0.0153. The summed E-state index contributed by atoms with van der Waals surface area (Å²) < 4.78 is 12.0. The third-order valence-electron chi connectivity index (χ3n) is 4.26. The van der Waals surface area contributed by atoms with Crippen LogP contribution in [0.1, 0.15) is 42.6 Å². The number of carbonyl (C=O) groups is 1. The first-order valence-corrected chi connectivity index (χ1v) is 8.60. The molecular formula is C19H25N3O3. The number of benzene rings is 1. The molecule has 1 heterocycles. The lowest BCUT2D eigenvalue weighted by Crippen LogP contribution is -2.28. The number of amidine groups is 1. The Bertz CT molecular complexity index is 721. The van der Waals surface area contributed by atoms with E-state index in [0.29, 0.717) is 23.8 Å². The summed E-state index contributed by atoms with van der Waals surface area (Å²) in [4.78, 5) is 12.5. The maximum atomic E-state index is 12.5. The fraction of sp³-hybridized carbons (Fsp3) is 0.474. The molecule has 0 radical (unpaired) electrons. The van der Waals surface area contributed by atoms with Gasteiger partial charge in [0.15, 0.2) is 0 Å². The predicted molar refractivity (Wildman–Crippen MR) is 96.5 cm³/mol. The number of nitrogens with one attached hydrogen (secondary N) is 3. The summed E-state index contributed by atoms with van der Waals surface area (Å²) in [6, 6.07) is 3.49. The highest BCUT2D eigenvalue weighted by Gasteiger charge is 2.34. The zero-order valence-corrected chi connectivity index (χ0v) is 14.9. The summed E-state index contributed by atoms with van der Waals surface area (Å²) in [7, 11) is 1.73. The molecule has 1 fully saturated rings. The molecule has 6 heteroatoms. The van der Waals surface area contributed by atoms with Crippen molar-refractivity contribution in [3.05, 3.63) is 35.5 Å². The average Bonchev–Trinajstić information content (AvgIpc) is 3.31. The molecule has 0 saturated heterocycles. The fourth-order valence-electron chi connectivity index (χ4n) is 2.80. The largest absolute Gasteiger partial charge is 0.493 e. The first-order valence-electron chi connectivity index (χ1n) is 8.60. The van der Waals surface area contributed by atoms with E-state index in [2.05, 4.69) is 10.6 Å². The lowest BCUT2D eigenvalue weighted by Gasteiger charge is -2.16. The summed E-state index contributed by atoms with van der Waals surface area (Å²) >= 11 is 0. The van der Waals surface area contributed by atoms with Gasteiger partial charge in [-0.3, -0.25) is 10.2 Å². The van der Waals surface area contributed by atoms with Crippen LogP contribution in [0.5, 0.6) is 11.5 Å². The number of carbonyl (C=O) groups excluding carboxylic acids is 1. The summed E-state index contributed by atoms with van der Waals surface area (Å²) in [5.74, 6) is 1.71. The van der Waals surface area contributed by atoms with Crippen molar-refractivity contribution < 1.29 is 14.3 Å². The van der Waals surface area contributed by atoms with Gasteiger partial charge in [-0.2, -0.15) is 0 Å². The Morgan fingerprint density at radius 2 is 2.20 bits per heavy atom. The zero-order chi connectivity index (χ0) is 18.0. The molecule has 1 aromatic rings. The van der Waals surface area contributed by atoms with E-state index in [0.717, 1.165) is 17.7 Å². The van der Waals surface area contributed by atoms with E-state index >= 15 is 0 Å². The van der Waals surface area contributed by atoms with Crippen LogP contribution in [0, 0.1) is 11.3 Å². The van der Waals surface area contributed by atoms with Crippen LogP contribution in [0.3, 0.4) is 0 Å². The molecule has 25 heavy (non-hydrogen) atoms. The highest BCUT2D eigenvalue weighted by molar-refractivity contribution is 6.09. The maximum Gasteiger partial charge on any atom is 0.257 e. The lowest BCUT2D eigenvalue weighted by molar-refractivity contribution is 0.0974. The Hall–Kier alpha value is -2.50. The molecule has 0 aromatic heterocycles. The van der Waals surface area contributed by atoms with E-state index in [-0.39, 0.29) is 17.3 Å². The minimum Gasteiger partial charge on any atom is -0.493 e. The first kappa shape index (κ1) is 17.3. The Balaban J connectivity index is 1.82. The molecule has 1 amide bonds. The van der Waals surface area contributed by atoms with E-state index in [1.54, 1.807) is 25.4 Å². The molecule has 0 spiro atoms. The normalized spacial score (nSPS) is 17.7. The van der Waals surface area contributed by atoms with E-state index in [1.807, 2.05) is 13.8 Å². The molecule has 1 aliphatic heterocycles. The monoisotopic (exact) mass is 343 g/mol. The SMILES string of the molecule is CN/C=C\C(=N)NC(=O)c1cc(OCC2CC2)c2c(c1)OC(C)(C)C2. The van der Waals surface area contributed by atoms with Crippen LogP contribution in [0.4, 0.5) is 0 Å². The minimum atomic E-state index is -0.349. The molecule has 3 N–H and O–H groups in total. The fourth-order valence-corrected chi connectivity index (χ4v) is 2.80. The summed E-state index contributed by atoms with van der Waals surface area (Å²) in [5.41, 5.74) is 1.15. The van der Waals surface area contributed by atoms with Crippen LogP contribution in [0.15, 0.2) is 24.4 Å². The Morgan fingerprint density at radius 3 is 2.88 bits per heavy atom. The first-order chi connectivity index (χ1) is 11.9. The molecular weight excluding hydrogens is 318 g/mol. The van der Waals surface area contributed by atoms with Crippen molar-refractivity contribution in [1.29, 1.82) is 5.41 Å². The molecule has 0 bridgehead atoms. The van der Waals surface area contributed by atoms with Crippen molar-refractivity contribution in [2.75, 3.05) is 13.7 Å². The van der Waals surface area contributed by atoms with Crippen molar-refractivity contribution in [2.24, 2.45) is 5.92 Å². The maximum absolute atomic E-state index is 12.5. The van der Waals surface area contributed by atoms with Crippen LogP contribution >= 0.6 is 0 Å². The van der Waals surface area contributed by atoms with Gasteiger partial charge < -0.3 is 20.1 Å². The molecule has 1 aromatic carbocycles. The van der Waals surface area contributed by atoms with Gasteiger partial charge in [-0.1, -0.05) is 0 Å². The second kappa shape index (κ2) is 6.78. The van der Waals surface area contributed by atoms with Crippen molar-refractivity contribution >= 4 is 11.7 Å². The second-order valence-corrected chi connectivity index (χ2v) is 7.23. The quantitative estimate of drug-likeness (QED) is 0.548. The van der Waals surface area contributed by atoms with Crippen molar-refractivity contribution in [3.8, 4) is 11.5 Å². The van der Waals surface area contributed by atoms with Crippen LogP contribution in [0.25, 0.3) is 0 Å². The van der Waals surface area contributed by atoms with Gasteiger partial charge in [0.1, 0.15) is 22.9 Å². The van der Waals surface area contributed by atoms with E-state index in [1.165, 1.54) is 18.9 Å². The predicted octanol–water partition coefficient (Wildman–Crippen LogP) is 2.63. The van der Waals surface area contributed by atoms with Gasteiger partial charge in [0.2, 0.25) is 0 Å².